The molecule has 1 aliphatic heterocycles. The van der Waals surface area contributed by atoms with E-state index in [1.54, 1.807) is 4.90 Å². The van der Waals surface area contributed by atoms with Crippen molar-refractivity contribution in [3.05, 3.63) is 28.8 Å². The fourth-order valence-electron chi connectivity index (χ4n) is 3.34. The summed E-state index contributed by atoms with van der Waals surface area (Å²) >= 11 is 0. The molecule has 1 aliphatic rings. The summed E-state index contributed by atoms with van der Waals surface area (Å²) in [6.07, 6.45) is 1.06. The molecule has 0 bridgehead atoms. The largest absolute Gasteiger partial charge is 0.420 e. The van der Waals surface area contributed by atoms with Crippen LogP contribution in [-0.4, -0.2) is 29.9 Å². The molecule has 1 aromatic rings. The number of amides is 1. The number of ether oxygens (including phenoxy) is 1. The molecule has 0 aromatic heterocycles. The predicted octanol–water partition coefficient (Wildman–Crippen LogP) is 4.52. The molecular formula is C20H25F4NO3. The Morgan fingerprint density at radius 1 is 0.964 bits per heavy atom. The fourth-order valence-corrected chi connectivity index (χ4v) is 3.34. The maximum absolute atomic E-state index is 13.8. The molecule has 1 fully saturated rings. The van der Waals surface area contributed by atoms with E-state index in [2.05, 4.69) is 25.5 Å². The molecule has 8 heteroatoms. The minimum atomic E-state index is -1.78. The van der Waals surface area contributed by atoms with Crippen LogP contribution in [0.1, 0.15) is 52.0 Å². The van der Waals surface area contributed by atoms with Crippen LogP contribution in [0.2, 0.25) is 0 Å². The molecule has 0 unspecified atom stereocenters. The monoisotopic (exact) mass is 403 g/mol. The van der Waals surface area contributed by atoms with Crippen LogP contribution < -0.4 is 4.74 Å². The Balaban J connectivity index is 1.91. The van der Waals surface area contributed by atoms with E-state index in [1.807, 2.05) is 0 Å². The quantitative estimate of drug-likeness (QED) is 0.321. The number of hydrogen-bond acceptors (Lipinski definition) is 3. The first-order chi connectivity index (χ1) is 12.9. The summed E-state index contributed by atoms with van der Waals surface area (Å²) in [4.78, 5) is 25.7. The first-order valence-corrected chi connectivity index (χ1v) is 9.24. The van der Waals surface area contributed by atoms with E-state index in [0.717, 1.165) is 19.8 Å². The fraction of sp³-hybridized carbons (Fsp3) is 0.600. The first kappa shape index (κ1) is 22.2. The third-order valence-corrected chi connectivity index (χ3v) is 5.27. The van der Waals surface area contributed by atoms with Gasteiger partial charge in [-0.15, -0.1) is 0 Å². The summed E-state index contributed by atoms with van der Waals surface area (Å²) in [6, 6.07) is 0. The van der Waals surface area contributed by atoms with Gasteiger partial charge in [-0.2, -0.15) is 8.78 Å². The molecule has 0 radical (unpaired) electrons. The van der Waals surface area contributed by atoms with Crippen molar-refractivity contribution in [1.82, 2.24) is 4.90 Å². The molecule has 4 nitrogen and oxygen atoms in total. The summed E-state index contributed by atoms with van der Waals surface area (Å²) in [6.45, 7) is 8.48. The molecule has 1 heterocycles. The van der Waals surface area contributed by atoms with E-state index >= 15 is 0 Å². The van der Waals surface area contributed by atoms with E-state index in [-0.39, 0.29) is 17.7 Å². The molecule has 28 heavy (non-hydrogen) atoms. The van der Waals surface area contributed by atoms with Crippen LogP contribution in [0.15, 0.2) is 0 Å². The zero-order valence-electron chi connectivity index (χ0n) is 16.5. The van der Waals surface area contributed by atoms with Crippen LogP contribution in [0.4, 0.5) is 17.6 Å². The number of likely N-dealkylation sites (tertiary alicyclic amines) is 1. The maximum atomic E-state index is 13.8. The second-order valence-electron chi connectivity index (χ2n) is 8.21. The summed E-state index contributed by atoms with van der Waals surface area (Å²) in [5.74, 6) is -9.15. The number of carbonyl (C=O) groups is 2. The Morgan fingerprint density at radius 2 is 1.46 bits per heavy atom. The molecule has 156 valence electrons. The van der Waals surface area contributed by atoms with Gasteiger partial charge in [-0.05, 0) is 31.1 Å². The minimum absolute atomic E-state index is 0.158. The van der Waals surface area contributed by atoms with Crippen molar-refractivity contribution in [3.8, 4) is 5.75 Å². The third kappa shape index (κ3) is 4.83. The predicted molar refractivity (Wildman–Crippen MR) is 94.6 cm³/mol. The van der Waals surface area contributed by atoms with Crippen molar-refractivity contribution in [2.75, 3.05) is 13.1 Å². The Bertz CT molecular complexity index is 737. The molecule has 0 aliphatic carbocycles. The standard InChI is InChI=1S/C20H25F4NO3/c1-11-15(21)17(23)19(18(24)16(11)22)28-14(27)6-5-13(26)25-9-7-12(8-10-25)20(2,3)4/h12H,5-10H2,1-4H3. The highest BCUT2D eigenvalue weighted by Crippen LogP contribution is 2.34. The number of piperidine rings is 1. The van der Waals surface area contributed by atoms with Crippen molar-refractivity contribution >= 4 is 11.9 Å². The molecular weight excluding hydrogens is 378 g/mol. The highest BCUT2D eigenvalue weighted by Gasteiger charge is 2.31. The number of nitrogens with zero attached hydrogens (tertiary/aromatic N) is 1. The van der Waals surface area contributed by atoms with Gasteiger partial charge in [0.05, 0.1) is 6.42 Å². The van der Waals surface area contributed by atoms with E-state index in [9.17, 15) is 27.2 Å². The van der Waals surface area contributed by atoms with E-state index < -0.39 is 47.0 Å². The third-order valence-electron chi connectivity index (χ3n) is 5.27. The van der Waals surface area contributed by atoms with Crippen LogP contribution in [0, 0.1) is 41.5 Å². The highest BCUT2D eigenvalue weighted by molar-refractivity contribution is 5.82. The maximum Gasteiger partial charge on any atom is 0.311 e. The second kappa shape index (κ2) is 8.49. The van der Waals surface area contributed by atoms with Crippen molar-refractivity contribution in [1.29, 1.82) is 0 Å². The number of hydrogen-bond donors (Lipinski definition) is 0. The molecule has 0 spiro atoms. The lowest BCUT2D eigenvalue weighted by atomic mass is 9.75. The lowest BCUT2D eigenvalue weighted by molar-refractivity contribution is -0.140. The van der Waals surface area contributed by atoms with E-state index in [0.29, 0.717) is 19.0 Å². The lowest BCUT2D eigenvalue weighted by Crippen LogP contribution is -2.41. The van der Waals surface area contributed by atoms with E-state index in [1.165, 1.54) is 0 Å². The molecule has 2 rings (SSSR count). The number of carbonyl (C=O) groups excluding carboxylic acids is 2. The highest BCUT2D eigenvalue weighted by atomic mass is 19.2. The molecule has 0 saturated carbocycles. The van der Waals surface area contributed by atoms with Crippen molar-refractivity contribution in [2.24, 2.45) is 11.3 Å². The van der Waals surface area contributed by atoms with Gasteiger partial charge < -0.3 is 9.64 Å². The Hall–Kier alpha value is -2.12. The van der Waals surface area contributed by atoms with Crippen LogP contribution in [-0.2, 0) is 9.59 Å². The van der Waals surface area contributed by atoms with Crippen LogP contribution in [0.3, 0.4) is 0 Å². The van der Waals surface area contributed by atoms with Crippen molar-refractivity contribution in [2.45, 2.75) is 53.4 Å². The number of rotatable bonds is 4. The topological polar surface area (TPSA) is 46.6 Å². The Kier molecular flexibility index (Phi) is 6.72. The van der Waals surface area contributed by atoms with Gasteiger partial charge in [0.15, 0.2) is 11.6 Å². The molecule has 1 amide bonds. The number of benzene rings is 1. The summed E-state index contributed by atoms with van der Waals surface area (Å²) in [5, 5.41) is 0. The van der Waals surface area contributed by atoms with Gasteiger partial charge in [-0.25, -0.2) is 8.78 Å². The number of halogens is 4. The van der Waals surface area contributed by atoms with E-state index in [4.69, 9.17) is 0 Å². The molecule has 1 aromatic carbocycles. The summed E-state index contributed by atoms with van der Waals surface area (Å²) in [7, 11) is 0. The Morgan fingerprint density at radius 3 is 1.93 bits per heavy atom. The second-order valence-corrected chi connectivity index (χ2v) is 8.21. The van der Waals surface area contributed by atoms with Gasteiger partial charge in [-0.1, -0.05) is 20.8 Å². The Labute approximate surface area is 161 Å². The van der Waals surface area contributed by atoms with Crippen LogP contribution >= 0.6 is 0 Å². The van der Waals surface area contributed by atoms with Crippen molar-refractivity contribution in [3.63, 3.8) is 0 Å². The van der Waals surface area contributed by atoms with Crippen LogP contribution in [0.5, 0.6) is 5.75 Å². The normalized spacial score (nSPS) is 15.6. The zero-order valence-corrected chi connectivity index (χ0v) is 16.5. The molecule has 0 atom stereocenters. The molecule has 1 saturated heterocycles. The van der Waals surface area contributed by atoms with Gasteiger partial charge in [0, 0.05) is 25.1 Å². The van der Waals surface area contributed by atoms with Gasteiger partial charge in [0.25, 0.3) is 0 Å². The van der Waals surface area contributed by atoms with Gasteiger partial charge in [-0.3, -0.25) is 9.59 Å². The van der Waals surface area contributed by atoms with Gasteiger partial charge in [0.1, 0.15) is 0 Å². The van der Waals surface area contributed by atoms with Crippen LogP contribution in [0.25, 0.3) is 0 Å². The number of esters is 1. The zero-order chi connectivity index (χ0) is 21.2. The van der Waals surface area contributed by atoms with Crippen molar-refractivity contribution < 1.29 is 31.9 Å². The average molecular weight is 403 g/mol. The first-order valence-electron chi connectivity index (χ1n) is 9.24. The average Bonchev–Trinajstić information content (AvgIpc) is 2.65. The summed E-state index contributed by atoms with van der Waals surface area (Å²) in [5.41, 5.74) is -0.685. The minimum Gasteiger partial charge on any atom is -0.420 e. The van der Waals surface area contributed by atoms with Gasteiger partial charge >= 0.3 is 5.97 Å². The SMILES string of the molecule is Cc1c(F)c(F)c(OC(=O)CCC(=O)N2CCC(C(C)(C)C)CC2)c(F)c1F. The summed E-state index contributed by atoms with van der Waals surface area (Å²) < 4.78 is 59.0. The lowest BCUT2D eigenvalue weighted by Gasteiger charge is -2.38. The van der Waals surface area contributed by atoms with Gasteiger partial charge in [0.2, 0.25) is 23.3 Å². The molecule has 0 N–H and O–H groups in total. The smallest absolute Gasteiger partial charge is 0.311 e.